The largest absolute Gasteiger partial charge is 0.376 e. The fraction of sp³-hybridized carbons (Fsp3) is 0.190. The molecule has 0 radical (unpaired) electrons. The number of allylic oxidation sites excluding steroid dienone is 2. The van der Waals surface area contributed by atoms with Gasteiger partial charge in [-0.05, 0) is 35.8 Å². The molecule has 0 amide bonds. The van der Waals surface area contributed by atoms with Gasteiger partial charge in [-0.1, -0.05) is 42.0 Å². The van der Waals surface area contributed by atoms with Crippen molar-refractivity contribution in [2.75, 3.05) is 13.6 Å². The Morgan fingerprint density at radius 2 is 1.92 bits per heavy atom. The van der Waals surface area contributed by atoms with E-state index >= 15 is 0 Å². The SMILES string of the molecule is CC1=CC(c2ccc3ncc(Cc4ccccc4)n3c2)=CN(C)C1. The maximum Gasteiger partial charge on any atom is 0.136 e. The van der Waals surface area contributed by atoms with E-state index < -0.39 is 0 Å². The van der Waals surface area contributed by atoms with E-state index in [1.165, 1.54) is 28.0 Å². The predicted molar refractivity (Wildman–Crippen MR) is 98.8 cm³/mol. The summed E-state index contributed by atoms with van der Waals surface area (Å²) >= 11 is 0. The second-order valence-corrected chi connectivity index (χ2v) is 6.55. The zero-order valence-electron chi connectivity index (χ0n) is 14.1. The molecule has 1 aromatic carbocycles. The molecule has 0 fully saturated rings. The third-order valence-electron chi connectivity index (χ3n) is 4.40. The summed E-state index contributed by atoms with van der Waals surface area (Å²) in [7, 11) is 2.12. The number of likely N-dealkylation sites (N-methyl/N-ethyl adjacent to an activating group) is 1. The van der Waals surface area contributed by atoms with E-state index in [4.69, 9.17) is 0 Å². The zero-order chi connectivity index (χ0) is 16.5. The summed E-state index contributed by atoms with van der Waals surface area (Å²) in [6.07, 6.45) is 9.56. The van der Waals surface area contributed by atoms with Gasteiger partial charge < -0.3 is 9.30 Å². The van der Waals surface area contributed by atoms with Gasteiger partial charge in [0, 0.05) is 44.3 Å². The summed E-state index contributed by atoms with van der Waals surface area (Å²) in [6, 6.07) is 14.8. The molecule has 1 aliphatic heterocycles. The minimum atomic E-state index is 0.888. The van der Waals surface area contributed by atoms with Gasteiger partial charge in [-0.3, -0.25) is 0 Å². The second kappa shape index (κ2) is 6.00. The lowest BCUT2D eigenvalue weighted by Gasteiger charge is -2.21. The lowest BCUT2D eigenvalue weighted by molar-refractivity contribution is 0.493. The first-order valence-corrected chi connectivity index (χ1v) is 8.28. The van der Waals surface area contributed by atoms with Gasteiger partial charge in [0.1, 0.15) is 5.65 Å². The average Bonchev–Trinajstić information content (AvgIpc) is 2.97. The number of imidazole rings is 1. The highest BCUT2D eigenvalue weighted by Gasteiger charge is 2.10. The molecule has 120 valence electrons. The molecule has 2 aromatic heterocycles. The average molecular weight is 315 g/mol. The summed E-state index contributed by atoms with van der Waals surface area (Å²) in [5.74, 6) is 0. The number of benzene rings is 1. The van der Waals surface area contributed by atoms with Crippen molar-refractivity contribution in [2.45, 2.75) is 13.3 Å². The molecule has 0 atom stereocenters. The Hall–Kier alpha value is -2.81. The van der Waals surface area contributed by atoms with Crippen LogP contribution in [0.4, 0.5) is 0 Å². The number of rotatable bonds is 3. The van der Waals surface area contributed by atoms with Crippen molar-refractivity contribution < 1.29 is 0 Å². The first kappa shape index (κ1) is 14.8. The first-order chi connectivity index (χ1) is 11.7. The van der Waals surface area contributed by atoms with Crippen molar-refractivity contribution in [2.24, 2.45) is 0 Å². The number of hydrogen-bond donors (Lipinski definition) is 0. The van der Waals surface area contributed by atoms with Crippen molar-refractivity contribution in [3.63, 3.8) is 0 Å². The van der Waals surface area contributed by atoms with E-state index in [1.807, 2.05) is 6.20 Å². The Balaban J connectivity index is 1.74. The van der Waals surface area contributed by atoms with Crippen LogP contribution in [0.25, 0.3) is 11.2 Å². The van der Waals surface area contributed by atoms with Crippen molar-refractivity contribution in [1.82, 2.24) is 14.3 Å². The van der Waals surface area contributed by atoms with Gasteiger partial charge in [0.15, 0.2) is 0 Å². The van der Waals surface area contributed by atoms with Crippen LogP contribution in [-0.2, 0) is 6.42 Å². The Labute approximate surface area is 142 Å². The van der Waals surface area contributed by atoms with Crippen molar-refractivity contribution in [1.29, 1.82) is 0 Å². The Kier molecular flexibility index (Phi) is 3.69. The van der Waals surface area contributed by atoms with E-state index in [0.29, 0.717) is 0 Å². The van der Waals surface area contributed by atoms with Crippen molar-refractivity contribution in [3.8, 4) is 0 Å². The molecule has 0 saturated heterocycles. The first-order valence-electron chi connectivity index (χ1n) is 8.28. The molecule has 0 saturated carbocycles. The minimum absolute atomic E-state index is 0.888. The van der Waals surface area contributed by atoms with Crippen LogP contribution < -0.4 is 0 Å². The van der Waals surface area contributed by atoms with E-state index in [9.17, 15) is 0 Å². The zero-order valence-corrected chi connectivity index (χ0v) is 14.1. The molecule has 3 aromatic rings. The second-order valence-electron chi connectivity index (χ2n) is 6.55. The van der Waals surface area contributed by atoms with Gasteiger partial charge in [0.05, 0.1) is 0 Å². The molecule has 24 heavy (non-hydrogen) atoms. The minimum Gasteiger partial charge on any atom is -0.376 e. The predicted octanol–water partition coefficient (Wildman–Crippen LogP) is 4.16. The van der Waals surface area contributed by atoms with E-state index in [-0.39, 0.29) is 0 Å². The van der Waals surface area contributed by atoms with Crippen LogP contribution in [0, 0.1) is 0 Å². The Bertz CT molecular complexity index is 932. The fourth-order valence-electron chi connectivity index (χ4n) is 3.32. The van der Waals surface area contributed by atoms with Crippen LogP contribution in [-0.4, -0.2) is 27.9 Å². The molecule has 0 unspecified atom stereocenters. The number of nitrogens with zero attached hydrogens (tertiary/aromatic N) is 3. The summed E-state index contributed by atoms with van der Waals surface area (Å²) in [6.45, 7) is 3.18. The van der Waals surface area contributed by atoms with Gasteiger partial charge in [-0.2, -0.15) is 0 Å². The highest BCUT2D eigenvalue weighted by atomic mass is 15.1. The van der Waals surface area contributed by atoms with Crippen LogP contribution in [0.5, 0.6) is 0 Å². The molecule has 1 aliphatic rings. The molecular formula is C21H21N3. The molecule has 3 nitrogen and oxygen atoms in total. The van der Waals surface area contributed by atoms with Crippen LogP contribution in [0.1, 0.15) is 23.7 Å². The summed E-state index contributed by atoms with van der Waals surface area (Å²) in [5.41, 5.74) is 7.36. The molecule has 0 bridgehead atoms. The normalized spacial score (nSPS) is 14.7. The van der Waals surface area contributed by atoms with Gasteiger partial charge in [0.25, 0.3) is 0 Å². The van der Waals surface area contributed by atoms with E-state index in [2.05, 4.69) is 89.2 Å². The van der Waals surface area contributed by atoms with Crippen LogP contribution in [0.15, 0.2) is 72.7 Å². The number of hydrogen-bond acceptors (Lipinski definition) is 2. The van der Waals surface area contributed by atoms with Crippen molar-refractivity contribution >= 4 is 11.2 Å². The van der Waals surface area contributed by atoms with Gasteiger partial charge >= 0.3 is 0 Å². The van der Waals surface area contributed by atoms with E-state index in [1.54, 1.807) is 0 Å². The maximum absolute atomic E-state index is 4.55. The molecule has 0 spiro atoms. The number of aromatic nitrogens is 2. The van der Waals surface area contributed by atoms with Gasteiger partial charge in [-0.25, -0.2) is 4.98 Å². The quantitative estimate of drug-likeness (QED) is 0.723. The maximum atomic E-state index is 4.55. The smallest absolute Gasteiger partial charge is 0.136 e. The summed E-state index contributed by atoms with van der Waals surface area (Å²) < 4.78 is 2.21. The molecule has 3 heteroatoms. The summed E-state index contributed by atoms with van der Waals surface area (Å²) in [4.78, 5) is 6.78. The van der Waals surface area contributed by atoms with Gasteiger partial charge in [-0.15, -0.1) is 0 Å². The van der Waals surface area contributed by atoms with Gasteiger partial charge in [0.2, 0.25) is 0 Å². The number of pyridine rings is 1. The Morgan fingerprint density at radius 3 is 2.71 bits per heavy atom. The highest BCUT2D eigenvalue weighted by molar-refractivity contribution is 5.75. The monoisotopic (exact) mass is 315 g/mol. The third-order valence-corrected chi connectivity index (χ3v) is 4.40. The lowest BCUT2D eigenvalue weighted by Crippen LogP contribution is -2.17. The van der Waals surface area contributed by atoms with Crippen LogP contribution in [0.3, 0.4) is 0 Å². The third kappa shape index (κ3) is 2.85. The molecular weight excluding hydrogens is 294 g/mol. The fourth-order valence-corrected chi connectivity index (χ4v) is 3.32. The Morgan fingerprint density at radius 1 is 1.08 bits per heavy atom. The molecule has 3 heterocycles. The topological polar surface area (TPSA) is 20.5 Å². The van der Waals surface area contributed by atoms with E-state index in [0.717, 1.165) is 18.6 Å². The van der Waals surface area contributed by atoms with Crippen LogP contribution >= 0.6 is 0 Å². The molecule has 4 rings (SSSR count). The van der Waals surface area contributed by atoms with Crippen molar-refractivity contribution in [3.05, 3.63) is 89.5 Å². The standard InChI is InChI=1S/C21H21N3/c1-16-10-19(14-23(2)13-16)18-8-9-21-22-12-20(24(21)15-18)11-17-6-4-3-5-7-17/h3-10,12,14-15H,11,13H2,1-2H3. The lowest BCUT2D eigenvalue weighted by atomic mass is 10.0. The molecule has 0 aliphatic carbocycles. The van der Waals surface area contributed by atoms with Crippen LogP contribution in [0.2, 0.25) is 0 Å². The number of fused-ring (bicyclic) bond motifs is 1. The molecule has 0 N–H and O–H groups in total. The summed E-state index contributed by atoms with van der Waals surface area (Å²) in [5, 5.41) is 0. The highest BCUT2D eigenvalue weighted by Crippen LogP contribution is 2.23.